The van der Waals surface area contributed by atoms with Crippen LogP contribution in [0.25, 0.3) is 22.4 Å². The molecule has 0 bridgehead atoms. The van der Waals surface area contributed by atoms with E-state index in [4.69, 9.17) is 13.9 Å². The zero-order valence-corrected chi connectivity index (χ0v) is 15.1. The van der Waals surface area contributed by atoms with Crippen LogP contribution in [0.15, 0.2) is 51.7 Å². The maximum Gasteiger partial charge on any atom is 0.336 e. The number of fused-ring (bicyclic) bond motifs is 1. The largest absolute Gasteiger partial charge is 0.508 e. The lowest BCUT2D eigenvalue weighted by atomic mass is 10.1. The van der Waals surface area contributed by atoms with Crippen LogP contribution in [0, 0.1) is 0 Å². The van der Waals surface area contributed by atoms with Crippen molar-refractivity contribution >= 4 is 11.0 Å². The Bertz CT molecular complexity index is 1210. The highest BCUT2D eigenvalue weighted by Crippen LogP contribution is 2.30. The van der Waals surface area contributed by atoms with Gasteiger partial charge in [-0.25, -0.2) is 4.79 Å². The fourth-order valence-electron chi connectivity index (χ4n) is 2.90. The van der Waals surface area contributed by atoms with Gasteiger partial charge in [0.15, 0.2) is 11.5 Å². The van der Waals surface area contributed by atoms with Gasteiger partial charge >= 0.3 is 5.63 Å². The molecule has 0 unspecified atom stereocenters. The van der Waals surface area contributed by atoms with Gasteiger partial charge < -0.3 is 19.0 Å². The number of phenols is 1. The molecule has 2 heterocycles. The summed E-state index contributed by atoms with van der Waals surface area (Å²) >= 11 is 0. The molecule has 0 amide bonds. The molecule has 0 saturated carbocycles. The Kier molecular flexibility index (Phi) is 4.40. The summed E-state index contributed by atoms with van der Waals surface area (Å²) in [5.74, 6) is 1.58. The highest BCUT2D eigenvalue weighted by atomic mass is 16.5. The normalized spacial score (nSPS) is 10.9. The molecule has 28 heavy (non-hydrogen) atoms. The minimum absolute atomic E-state index is 0.0161. The molecule has 0 aliphatic carbocycles. The zero-order chi connectivity index (χ0) is 19.7. The minimum atomic E-state index is -0.520. The summed E-state index contributed by atoms with van der Waals surface area (Å²) in [6.07, 6.45) is 0. The molecule has 0 aliphatic heterocycles. The summed E-state index contributed by atoms with van der Waals surface area (Å²) in [5, 5.41) is 22.8. The van der Waals surface area contributed by atoms with Crippen LogP contribution < -0.4 is 15.1 Å². The van der Waals surface area contributed by atoms with Crippen molar-refractivity contribution in [2.24, 2.45) is 0 Å². The molecule has 142 valence electrons. The second-order valence-electron chi connectivity index (χ2n) is 5.98. The van der Waals surface area contributed by atoms with E-state index in [0.717, 1.165) is 0 Å². The van der Waals surface area contributed by atoms with E-state index in [1.165, 1.54) is 23.0 Å². The van der Waals surface area contributed by atoms with E-state index >= 15 is 0 Å². The first kappa shape index (κ1) is 17.5. The summed E-state index contributed by atoms with van der Waals surface area (Å²) < 4.78 is 15.7. The predicted octanol–water partition coefficient (Wildman–Crippen LogP) is 2.22. The first-order chi connectivity index (χ1) is 13.6. The Hall–Kier alpha value is -3.88. The van der Waals surface area contributed by atoms with Gasteiger partial charge in [-0.15, -0.1) is 10.2 Å². The highest BCUT2D eigenvalue weighted by Gasteiger charge is 2.13. The third-order valence-electron chi connectivity index (χ3n) is 4.22. The maximum absolute atomic E-state index is 11.8. The number of tetrazole rings is 1. The van der Waals surface area contributed by atoms with Crippen molar-refractivity contribution in [1.82, 2.24) is 20.2 Å². The molecular weight excluding hydrogens is 364 g/mol. The lowest BCUT2D eigenvalue weighted by Crippen LogP contribution is -2.08. The number of benzene rings is 2. The van der Waals surface area contributed by atoms with Crippen LogP contribution in [0.1, 0.15) is 5.56 Å². The third-order valence-corrected chi connectivity index (χ3v) is 4.22. The van der Waals surface area contributed by atoms with E-state index < -0.39 is 5.63 Å². The molecule has 1 N–H and O–H groups in total. The summed E-state index contributed by atoms with van der Waals surface area (Å²) in [5.41, 5.74) is 1.14. The number of aromatic nitrogens is 4. The van der Waals surface area contributed by atoms with Gasteiger partial charge in [0.25, 0.3) is 0 Å². The van der Waals surface area contributed by atoms with E-state index in [0.29, 0.717) is 39.4 Å². The number of nitrogens with zero attached hydrogens (tertiary/aromatic N) is 4. The number of hydrogen-bond donors (Lipinski definition) is 1. The van der Waals surface area contributed by atoms with E-state index in [1.807, 2.05) is 0 Å². The number of rotatable bonds is 5. The summed E-state index contributed by atoms with van der Waals surface area (Å²) in [6.45, 7) is 0.215. The topological polar surface area (TPSA) is 113 Å². The Morgan fingerprint density at radius 1 is 1.07 bits per heavy atom. The van der Waals surface area contributed by atoms with Crippen molar-refractivity contribution in [2.75, 3.05) is 14.2 Å². The summed E-state index contributed by atoms with van der Waals surface area (Å²) in [4.78, 5) is 13.2. The number of ether oxygens (including phenoxy) is 2. The van der Waals surface area contributed by atoms with Crippen LogP contribution in [0.5, 0.6) is 17.2 Å². The van der Waals surface area contributed by atoms with Crippen LogP contribution >= 0.6 is 0 Å². The average molecular weight is 380 g/mol. The molecule has 0 fully saturated rings. The van der Waals surface area contributed by atoms with E-state index in [2.05, 4.69) is 15.4 Å². The lowest BCUT2D eigenvalue weighted by molar-refractivity contribution is 0.355. The molecule has 0 radical (unpaired) electrons. The molecule has 9 heteroatoms. The molecule has 2 aromatic carbocycles. The van der Waals surface area contributed by atoms with Gasteiger partial charge in [-0.2, -0.15) is 4.80 Å². The maximum atomic E-state index is 11.8. The smallest absolute Gasteiger partial charge is 0.336 e. The van der Waals surface area contributed by atoms with Crippen molar-refractivity contribution < 1.29 is 19.0 Å². The molecule has 0 aliphatic rings. The van der Waals surface area contributed by atoms with Gasteiger partial charge in [0, 0.05) is 23.1 Å². The molecule has 2 aromatic heterocycles. The Balaban J connectivity index is 1.68. The van der Waals surface area contributed by atoms with Crippen molar-refractivity contribution in [3.8, 4) is 28.6 Å². The Labute approximate surface area is 158 Å². The van der Waals surface area contributed by atoms with Crippen molar-refractivity contribution in [2.45, 2.75) is 6.54 Å². The van der Waals surface area contributed by atoms with E-state index in [9.17, 15) is 9.90 Å². The second-order valence-corrected chi connectivity index (χ2v) is 5.98. The minimum Gasteiger partial charge on any atom is -0.508 e. The summed E-state index contributed by atoms with van der Waals surface area (Å²) in [6, 6.07) is 11.3. The highest BCUT2D eigenvalue weighted by molar-refractivity contribution is 5.81. The van der Waals surface area contributed by atoms with E-state index in [1.54, 1.807) is 38.5 Å². The quantitative estimate of drug-likeness (QED) is 0.525. The molecule has 4 aromatic rings. The fourth-order valence-corrected chi connectivity index (χ4v) is 2.90. The van der Waals surface area contributed by atoms with Gasteiger partial charge in [0.2, 0.25) is 5.82 Å². The zero-order valence-electron chi connectivity index (χ0n) is 15.1. The molecule has 0 saturated heterocycles. The SMILES string of the molecule is COc1ccc(-c2nnn(Cc3cc(=O)oc4cc(O)ccc34)n2)cc1OC. The first-order valence-electron chi connectivity index (χ1n) is 8.33. The third kappa shape index (κ3) is 3.25. The second kappa shape index (κ2) is 7.03. The van der Waals surface area contributed by atoms with Crippen LogP contribution in [-0.4, -0.2) is 39.5 Å². The van der Waals surface area contributed by atoms with Gasteiger partial charge in [-0.05, 0) is 41.1 Å². The number of hydrogen-bond acceptors (Lipinski definition) is 8. The summed E-state index contributed by atoms with van der Waals surface area (Å²) in [7, 11) is 3.11. The number of phenolic OH excluding ortho intramolecular Hbond substituents is 1. The van der Waals surface area contributed by atoms with Gasteiger partial charge in [0.05, 0.1) is 20.8 Å². The molecular formula is C19H16N4O5. The van der Waals surface area contributed by atoms with Gasteiger partial charge in [0.1, 0.15) is 11.3 Å². The monoisotopic (exact) mass is 380 g/mol. The van der Waals surface area contributed by atoms with Crippen molar-refractivity contribution in [3.05, 3.63) is 58.4 Å². The van der Waals surface area contributed by atoms with Gasteiger partial charge in [-0.1, -0.05) is 0 Å². The van der Waals surface area contributed by atoms with Crippen LogP contribution in [0.3, 0.4) is 0 Å². The number of methoxy groups -OCH3 is 2. The van der Waals surface area contributed by atoms with Crippen molar-refractivity contribution in [1.29, 1.82) is 0 Å². The lowest BCUT2D eigenvalue weighted by Gasteiger charge is -2.07. The van der Waals surface area contributed by atoms with E-state index in [-0.39, 0.29) is 12.3 Å². The molecule has 4 rings (SSSR count). The average Bonchev–Trinajstić information content (AvgIpc) is 3.15. The van der Waals surface area contributed by atoms with Crippen LogP contribution in [-0.2, 0) is 6.54 Å². The van der Waals surface area contributed by atoms with Crippen molar-refractivity contribution in [3.63, 3.8) is 0 Å². The fraction of sp³-hybridized carbons (Fsp3) is 0.158. The van der Waals surface area contributed by atoms with Crippen LogP contribution in [0.4, 0.5) is 0 Å². The first-order valence-corrected chi connectivity index (χ1v) is 8.33. The molecule has 0 spiro atoms. The van der Waals surface area contributed by atoms with Gasteiger partial charge in [-0.3, -0.25) is 0 Å². The number of aromatic hydroxyl groups is 1. The predicted molar refractivity (Wildman–Crippen MR) is 99.6 cm³/mol. The standard InChI is InChI=1S/C19H16N4O5/c1-26-15-6-3-11(7-17(15)27-2)19-20-22-23(21-19)10-12-8-18(25)28-16-9-13(24)4-5-14(12)16/h3-9,24H,10H2,1-2H3. The Morgan fingerprint density at radius 3 is 2.68 bits per heavy atom. The molecule has 0 atom stereocenters. The van der Waals surface area contributed by atoms with Crippen LogP contribution in [0.2, 0.25) is 0 Å². The molecule has 9 nitrogen and oxygen atoms in total. The Morgan fingerprint density at radius 2 is 1.89 bits per heavy atom.